The van der Waals surface area contributed by atoms with Gasteiger partial charge in [-0.1, -0.05) is 0 Å². The molecule has 6 saturated heterocycles. The van der Waals surface area contributed by atoms with Crippen molar-refractivity contribution in [2.24, 2.45) is 4.99 Å². The smallest absolute Gasteiger partial charge is 0.397 e. The summed E-state index contributed by atoms with van der Waals surface area (Å²) in [7, 11) is -21.8. The molecule has 6 fully saturated rings. The molecule has 0 aromatic carbocycles. The van der Waals surface area contributed by atoms with Crippen LogP contribution >= 0.6 is 0 Å². The van der Waals surface area contributed by atoms with E-state index in [1.54, 1.807) is 0 Å². The summed E-state index contributed by atoms with van der Waals surface area (Å²) in [5.41, 5.74) is 0. The van der Waals surface area contributed by atoms with E-state index in [0.717, 1.165) is 14.0 Å². The van der Waals surface area contributed by atoms with Crippen molar-refractivity contribution < 1.29 is 208 Å². The van der Waals surface area contributed by atoms with Gasteiger partial charge in [-0.2, -0.15) is 43.1 Å². The lowest BCUT2D eigenvalue weighted by molar-refractivity contribution is -0.392. The van der Waals surface area contributed by atoms with Crippen LogP contribution in [0.1, 0.15) is 6.92 Å². The second kappa shape index (κ2) is 30.0. The molecule has 6 heterocycles. The van der Waals surface area contributed by atoms with Gasteiger partial charge in [0.2, 0.25) is 0 Å². The van der Waals surface area contributed by atoms with Gasteiger partial charge in [0.1, 0.15) is 146 Å². The van der Waals surface area contributed by atoms with Crippen LogP contribution in [0.3, 0.4) is 0 Å². The number of hydrogen-bond acceptors (Lipinski definition) is 41. The molecule has 0 bridgehead atoms. The minimum absolute atomic E-state index is 0.923. The van der Waals surface area contributed by atoms with Gasteiger partial charge in [0.05, 0.1) is 37.7 Å². The maximum absolute atomic E-state index is 12.8. The Morgan fingerprint density at radius 3 is 1.11 bits per heavy atom. The van der Waals surface area contributed by atoms with Crippen LogP contribution in [0.2, 0.25) is 0 Å². The van der Waals surface area contributed by atoms with E-state index in [4.69, 9.17) is 56.8 Å². The number of ether oxygens (including phenoxy) is 12. The van der Waals surface area contributed by atoms with Crippen LogP contribution in [0.25, 0.3) is 0 Å². The second-order valence-electron chi connectivity index (χ2n) is 20.0. The predicted octanol–water partition coefficient (Wildman–Crippen LogP) is -18.9. The molecule has 0 aliphatic carbocycles. The Kier molecular flexibility index (Phi) is 25.2. The van der Waals surface area contributed by atoms with Crippen molar-refractivity contribution in [2.75, 3.05) is 26.9 Å². The Hall–Kier alpha value is -3.56. The number of carbonyl (C=O) groups excluding carboxylic acids is 3. The van der Waals surface area contributed by atoms with E-state index >= 15 is 0 Å². The third-order valence-electron chi connectivity index (χ3n) is 13.9. The third kappa shape index (κ3) is 18.5. The molecule has 51 heteroatoms. The zero-order valence-corrected chi connectivity index (χ0v) is 48.3. The molecule has 0 spiro atoms. The van der Waals surface area contributed by atoms with Gasteiger partial charge < -0.3 is 148 Å². The van der Waals surface area contributed by atoms with Crippen molar-refractivity contribution in [3.8, 4) is 0 Å². The average molecular weight is 1400 g/mol. The summed E-state index contributed by atoms with van der Waals surface area (Å²) in [5, 5.41) is 170. The fourth-order valence-corrected chi connectivity index (χ4v) is 11.6. The van der Waals surface area contributed by atoms with Crippen LogP contribution in [0, 0.1) is 0 Å². The Morgan fingerprint density at radius 2 is 0.778 bits per heavy atom. The van der Waals surface area contributed by atoms with Crippen LogP contribution < -0.4 is 29.9 Å². The highest BCUT2D eigenvalue weighted by molar-refractivity contribution is 7.84. The summed E-state index contributed by atoms with van der Waals surface area (Å²) in [4.78, 5) is 40.8. The highest BCUT2D eigenvalue weighted by atomic mass is 32.3. The molecule has 6 aliphatic heterocycles. The fourth-order valence-electron chi connectivity index (χ4n) is 9.84. The predicted molar refractivity (Wildman–Crippen MR) is 254 cm³/mol. The van der Waals surface area contributed by atoms with Gasteiger partial charge in [-0.25, -0.2) is 8.37 Å². The van der Waals surface area contributed by atoms with Crippen molar-refractivity contribution >= 4 is 65.2 Å². The van der Waals surface area contributed by atoms with Gasteiger partial charge in [0, 0.05) is 7.11 Å². The maximum atomic E-state index is 12.8. The quantitative estimate of drug-likeness (QED) is 0.0217. The molecule has 522 valence electrons. The number of aliphatic carboxylic acids is 3. The van der Waals surface area contributed by atoms with E-state index < -0.39 is 269 Å². The SMILES string of the molecule is CO[C@@H]1O[C@H](CO)[C@@H](O)[C@H](O[C@@H]2O[C@H](C(=O)[O-])[C@@H](O[C@H]3O[C@H](COS(=O)(=O)O)[C@@H](O[C@@H]4O[C@H](C(=O)[O-])[C@@H](O[C@H]5O[C@H](COS(=O)(=O)O)[C@@H](O[C@@H]6O[C@H](C(=O)[O-])[C@@H](O)[C@H](O)[C@H]6O)[C@H](O)[C@H]5NS(=O)(=O)O)[C@H](O)[C@H]4O)[C@H](O)[C@H]3NS(=O)(=O)O)[C@H](O)[C@H]2O)[C@H]1N=C(C)[O-]. The third-order valence-corrected chi connectivity index (χ3v) is 15.9. The van der Waals surface area contributed by atoms with Crippen molar-refractivity contribution in [1.29, 1.82) is 0 Å². The van der Waals surface area contributed by atoms with Crippen LogP contribution in [0.4, 0.5) is 0 Å². The first kappa shape index (κ1) is 75.5. The molecular formula is C39H59N3O44S4-4. The zero-order valence-electron chi connectivity index (χ0n) is 45.1. The van der Waals surface area contributed by atoms with Gasteiger partial charge in [-0.05, 0) is 12.8 Å². The Labute approximate surface area is 504 Å². The number of nitrogens with one attached hydrogen (secondary N) is 2. The van der Waals surface area contributed by atoms with Crippen LogP contribution in [-0.2, 0) is 121 Å². The van der Waals surface area contributed by atoms with E-state index in [-0.39, 0.29) is 0 Å². The maximum Gasteiger partial charge on any atom is 0.397 e. The molecule has 17 N–H and O–H groups in total. The number of carbonyl (C=O) groups is 3. The van der Waals surface area contributed by atoms with Gasteiger partial charge in [0.15, 0.2) is 37.7 Å². The lowest BCUT2D eigenvalue weighted by Crippen LogP contribution is -2.71. The van der Waals surface area contributed by atoms with Crippen molar-refractivity contribution in [2.45, 2.75) is 191 Å². The van der Waals surface area contributed by atoms with E-state index in [0.29, 0.717) is 0 Å². The first-order valence-electron chi connectivity index (χ1n) is 25.2. The molecule has 47 nitrogen and oxygen atoms in total. The van der Waals surface area contributed by atoms with Crippen LogP contribution in [0.5, 0.6) is 0 Å². The number of nitrogens with zero attached hydrogens (tertiary/aromatic N) is 1. The number of carboxylic acids is 3. The highest BCUT2D eigenvalue weighted by Crippen LogP contribution is 2.38. The molecule has 6 aliphatic rings. The minimum atomic E-state index is -5.78. The molecule has 0 aromatic heterocycles. The van der Waals surface area contributed by atoms with E-state index in [9.17, 15) is 143 Å². The number of methoxy groups -OCH3 is 1. The first-order chi connectivity index (χ1) is 41.5. The number of hydrogen-bond donors (Lipinski definition) is 17. The van der Waals surface area contributed by atoms with Crippen molar-refractivity contribution in [1.82, 2.24) is 9.44 Å². The largest absolute Gasteiger partial charge is 0.862 e. The second-order valence-corrected chi connectivity index (χ2v) is 24.5. The summed E-state index contributed by atoms with van der Waals surface area (Å²) in [6.07, 6.45) is -69.5. The average Bonchev–Trinajstić information content (AvgIpc) is 0.852. The van der Waals surface area contributed by atoms with Gasteiger partial charge in [-0.3, -0.25) is 23.2 Å². The molecule has 0 unspecified atom stereocenters. The Bertz CT molecular complexity index is 2960. The first-order valence-corrected chi connectivity index (χ1v) is 30.8. The minimum Gasteiger partial charge on any atom is -0.862 e. The van der Waals surface area contributed by atoms with Gasteiger partial charge in [0.25, 0.3) is 0 Å². The Balaban J connectivity index is 1.30. The zero-order chi connectivity index (χ0) is 67.8. The van der Waals surface area contributed by atoms with Crippen molar-refractivity contribution in [3.63, 3.8) is 0 Å². The fraction of sp³-hybridized carbons (Fsp3) is 0.897. The monoisotopic (exact) mass is 1400 g/mol. The van der Waals surface area contributed by atoms with Crippen LogP contribution in [0.15, 0.2) is 4.99 Å². The van der Waals surface area contributed by atoms with E-state index in [1.807, 2.05) is 0 Å². The van der Waals surface area contributed by atoms with E-state index in [1.165, 1.54) is 9.44 Å². The summed E-state index contributed by atoms with van der Waals surface area (Å²) in [5.74, 6) is -8.19. The lowest BCUT2D eigenvalue weighted by atomic mass is 9.94. The summed E-state index contributed by atoms with van der Waals surface area (Å²) < 4.78 is 210. The van der Waals surface area contributed by atoms with Crippen molar-refractivity contribution in [3.05, 3.63) is 0 Å². The standard InChI is InChI=1S/C39H63N3O44S4/c1-6(44)40-12-25(13(45)7(3-43)76-34(12)73-2)81-39-22(54)19(51)27(30(86-39)33(59)60)83-36-11(42-88(64,65)66)15(47)24(9(78-36)5-75-90(70,71)72)80-38-21(53)18(50)26(29(85-38)32(57)58)82-35-10(41-87(61,62)63)14(46)23(8(77-35)4-74-89(67,68)69)79-37-20(52)16(48)17(49)28(84-37)31(55)56/h7-30,34-39,41-43,45-54H,3-5H2,1-2H3,(H,40,44)(H,55,56)(H,57,58)(H,59,60)(H,61,62,63)(H,64,65,66)(H,67,68,69)(H,70,71,72)/p-4/t7-,8-,9-,10-,11-,12-,13-,14-,15-,16+,17+,18-,19-,20-,21-,22-,23-,24-,25-,26+,27+,28+,29+,30+,34-,35-,36-,37-,38-,39-/m1/s1. The highest BCUT2D eigenvalue weighted by Gasteiger charge is 2.59. The number of carboxylic acid groups (broad SMARTS) is 3. The number of rotatable bonds is 26. The topological polar surface area (TPSA) is 749 Å². The normalized spacial score (nSPS) is 43.5. The molecule has 6 rings (SSSR count). The Morgan fingerprint density at radius 1 is 0.433 bits per heavy atom. The molecule has 0 radical (unpaired) electrons. The molecule has 30 atom stereocenters. The summed E-state index contributed by atoms with van der Waals surface area (Å²) >= 11 is 0. The molecule has 0 saturated carbocycles. The number of aliphatic hydroxyl groups is 11. The lowest BCUT2D eigenvalue weighted by Gasteiger charge is -2.51. The molecule has 0 aromatic rings. The van der Waals surface area contributed by atoms with Gasteiger partial charge >= 0.3 is 41.4 Å². The summed E-state index contributed by atoms with van der Waals surface area (Å²) in [6.45, 7) is -3.40. The molecule has 90 heavy (non-hydrogen) atoms. The number of aliphatic imine (C=N–C) groups is 1. The van der Waals surface area contributed by atoms with Crippen LogP contribution in [-0.4, -0.2) is 343 Å². The summed E-state index contributed by atoms with van der Waals surface area (Å²) in [6, 6.07) is -7.20. The molecule has 0 amide bonds. The van der Waals surface area contributed by atoms with E-state index in [2.05, 4.69) is 13.4 Å². The number of aliphatic hydroxyl groups excluding tert-OH is 11. The molecular weight excluding hydrogens is 1340 g/mol. The van der Waals surface area contributed by atoms with Gasteiger partial charge in [-0.15, -0.1) is 0 Å².